The monoisotopic (exact) mass is 395 g/mol. The van der Waals surface area contributed by atoms with Crippen molar-refractivity contribution in [2.45, 2.75) is 0 Å². The first-order chi connectivity index (χ1) is 14.5. The van der Waals surface area contributed by atoms with Gasteiger partial charge in [-0.1, -0.05) is 72.8 Å². The smallest absolute Gasteiger partial charge is 0.335 e. The molecular weight excluding hydrogens is 378 g/mol. The normalized spacial score (nSPS) is 10.5. The Kier molecular flexibility index (Phi) is 5.09. The van der Waals surface area contributed by atoms with Gasteiger partial charge in [0, 0.05) is 0 Å². The molecule has 4 rings (SSSR count). The summed E-state index contributed by atoms with van der Waals surface area (Å²) >= 11 is 0. The van der Waals surface area contributed by atoms with Gasteiger partial charge >= 0.3 is 5.97 Å². The minimum atomic E-state index is -1.000. The first-order valence-corrected chi connectivity index (χ1v) is 9.31. The van der Waals surface area contributed by atoms with E-state index in [0.717, 1.165) is 22.3 Å². The molecule has 0 aliphatic rings. The van der Waals surface area contributed by atoms with Crippen molar-refractivity contribution in [1.29, 1.82) is 0 Å². The third kappa shape index (κ3) is 3.69. The van der Waals surface area contributed by atoms with Crippen molar-refractivity contribution in [3.63, 3.8) is 0 Å². The summed E-state index contributed by atoms with van der Waals surface area (Å²) in [6, 6.07) is 28.5. The van der Waals surface area contributed by atoms with Gasteiger partial charge in [-0.05, 0) is 46.5 Å². The number of rotatable bonds is 5. The summed E-state index contributed by atoms with van der Waals surface area (Å²) in [5.41, 5.74) is 4.29. The average Bonchev–Trinajstić information content (AvgIpc) is 2.79. The van der Waals surface area contributed by atoms with Crippen LogP contribution in [0.5, 0.6) is 0 Å². The minimum absolute atomic E-state index is 0.0401. The largest absolute Gasteiger partial charge is 0.478 e. The molecule has 30 heavy (non-hydrogen) atoms. The summed E-state index contributed by atoms with van der Waals surface area (Å²) in [6.45, 7) is 0. The van der Waals surface area contributed by atoms with Crippen molar-refractivity contribution in [1.82, 2.24) is 0 Å². The summed E-state index contributed by atoms with van der Waals surface area (Å²) < 4.78 is 0. The number of nitro benzene ring substituents is 1. The van der Waals surface area contributed by atoms with Gasteiger partial charge in [0.2, 0.25) is 0 Å². The second kappa shape index (κ2) is 8.01. The first-order valence-electron chi connectivity index (χ1n) is 9.31. The van der Waals surface area contributed by atoms with E-state index < -0.39 is 5.97 Å². The number of nitro groups is 1. The van der Waals surface area contributed by atoms with Crippen molar-refractivity contribution in [3.8, 4) is 33.4 Å². The number of nitrogens with zero attached hydrogens (tertiary/aromatic N) is 1. The van der Waals surface area contributed by atoms with Crippen LogP contribution in [0.25, 0.3) is 33.4 Å². The highest BCUT2D eigenvalue weighted by molar-refractivity contribution is 5.92. The van der Waals surface area contributed by atoms with Crippen molar-refractivity contribution in [2.75, 3.05) is 0 Å². The van der Waals surface area contributed by atoms with Crippen molar-refractivity contribution in [3.05, 3.63) is 113 Å². The number of carboxylic acids is 1. The quantitative estimate of drug-likeness (QED) is 0.318. The highest BCUT2D eigenvalue weighted by Crippen LogP contribution is 2.42. The molecule has 5 heteroatoms. The van der Waals surface area contributed by atoms with Gasteiger partial charge in [-0.3, -0.25) is 10.1 Å². The molecule has 5 nitrogen and oxygen atoms in total. The van der Waals surface area contributed by atoms with Gasteiger partial charge in [0.05, 0.1) is 21.6 Å². The summed E-state index contributed by atoms with van der Waals surface area (Å²) in [6.07, 6.45) is 0. The Balaban J connectivity index is 2.00. The van der Waals surface area contributed by atoms with Crippen LogP contribution in [0.15, 0.2) is 97.1 Å². The van der Waals surface area contributed by atoms with E-state index in [1.807, 2.05) is 60.7 Å². The summed E-state index contributed by atoms with van der Waals surface area (Å²) in [7, 11) is 0. The maximum atomic E-state index is 12.1. The van der Waals surface area contributed by atoms with Crippen LogP contribution >= 0.6 is 0 Å². The molecule has 0 heterocycles. The first kappa shape index (κ1) is 19.1. The third-order valence-corrected chi connectivity index (χ3v) is 4.93. The molecule has 1 N–H and O–H groups in total. The molecule has 146 valence electrons. The maximum Gasteiger partial charge on any atom is 0.335 e. The van der Waals surface area contributed by atoms with Gasteiger partial charge in [0.15, 0.2) is 0 Å². The zero-order chi connectivity index (χ0) is 21.1. The molecule has 4 aromatic rings. The van der Waals surface area contributed by atoms with Crippen LogP contribution in [0.4, 0.5) is 5.69 Å². The zero-order valence-electron chi connectivity index (χ0n) is 15.9. The van der Waals surface area contributed by atoms with E-state index in [1.54, 1.807) is 24.3 Å². The van der Waals surface area contributed by atoms with Gasteiger partial charge in [0.25, 0.3) is 5.69 Å². The van der Waals surface area contributed by atoms with Crippen LogP contribution < -0.4 is 0 Å². The topological polar surface area (TPSA) is 80.4 Å². The number of carbonyl (C=O) groups is 1. The Hall–Kier alpha value is -4.25. The van der Waals surface area contributed by atoms with E-state index in [9.17, 15) is 14.9 Å². The van der Waals surface area contributed by atoms with E-state index in [4.69, 9.17) is 5.11 Å². The van der Waals surface area contributed by atoms with Gasteiger partial charge in [-0.25, -0.2) is 4.79 Å². The average molecular weight is 395 g/mol. The molecule has 0 saturated carbocycles. The van der Waals surface area contributed by atoms with Crippen LogP contribution in [0.1, 0.15) is 10.4 Å². The van der Waals surface area contributed by atoms with Crippen molar-refractivity contribution in [2.24, 2.45) is 0 Å². The van der Waals surface area contributed by atoms with Gasteiger partial charge in [0.1, 0.15) is 0 Å². The van der Waals surface area contributed by atoms with Gasteiger partial charge in [-0.15, -0.1) is 0 Å². The predicted octanol–water partition coefficient (Wildman–Crippen LogP) is 6.29. The SMILES string of the molecule is O=C(O)c1ccc(-c2cc(-c3ccccc3)c([N+](=O)[O-])c(-c3ccccc3)c2)cc1. The van der Waals surface area contributed by atoms with E-state index >= 15 is 0 Å². The highest BCUT2D eigenvalue weighted by atomic mass is 16.6. The molecule has 0 bridgehead atoms. The van der Waals surface area contributed by atoms with E-state index in [-0.39, 0.29) is 16.2 Å². The molecule has 4 aromatic carbocycles. The van der Waals surface area contributed by atoms with Crippen LogP contribution in [-0.4, -0.2) is 16.0 Å². The highest BCUT2D eigenvalue weighted by Gasteiger charge is 2.24. The number of benzene rings is 4. The molecule has 0 amide bonds. The standard InChI is InChI=1S/C25H17NO4/c27-25(28)20-13-11-17(12-14-20)21-15-22(18-7-3-1-4-8-18)24(26(29)30)23(16-21)19-9-5-2-6-10-19/h1-16H,(H,27,28). The molecule has 0 unspecified atom stereocenters. The van der Waals surface area contributed by atoms with Gasteiger partial charge in [-0.2, -0.15) is 0 Å². The fourth-order valence-electron chi connectivity index (χ4n) is 3.48. The van der Waals surface area contributed by atoms with E-state index in [2.05, 4.69) is 0 Å². The molecule has 0 aromatic heterocycles. The zero-order valence-corrected chi connectivity index (χ0v) is 15.9. The van der Waals surface area contributed by atoms with Crippen LogP contribution in [0.2, 0.25) is 0 Å². The molecule has 0 saturated heterocycles. The second-order valence-electron chi connectivity index (χ2n) is 6.79. The lowest BCUT2D eigenvalue weighted by Crippen LogP contribution is -1.98. The van der Waals surface area contributed by atoms with Crippen molar-refractivity contribution < 1.29 is 14.8 Å². The molecule has 0 spiro atoms. The van der Waals surface area contributed by atoms with Crippen LogP contribution in [-0.2, 0) is 0 Å². The Morgan fingerprint density at radius 2 is 1.13 bits per heavy atom. The Bertz CT molecular complexity index is 1160. The molecular formula is C25H17NO4. The van der Waals surface area contributed by atoms with Crippen LogP contribution in [0.3, 0.4) is 0 Å². The third-order valence-electron chi connectivity index (χ3n) is 4.93. The number of carboxylic acid groups (broad SMARTS) is 1. The summed E-state index contributed by atoms with van der Waals surface area (Å²) in [5.74, 6) is -1.000. The molecule has 0 fully saturated rings. The minimum Gasteiger partial charge on any atom is -0.478 e. The fraction of sp³-hybridized carbons (Fsp3) is 0. The predicted molar refractivity (Wildman–Crippen MR) is 116 cm³/mol. The molecule has 0 aliphatic heterocycles. The maximum absolute atomic E-state index is 12.1. The van der Waals surface area contributed by atoms with E-state index in [1.165, 1.54) is 12.1 Å². The number of hydrogen-bond acceptors (Lipinski definition) is 3. The lowest BCUT2D eigenvalue weighted by Gasteiger charge is -2.13. The lowest BCUT2D eigenvalue weighted by atomic mass is 9.91. The second-order valence-corrected chi connectivity index (χ2v) is 6.79. The Labute approximate surface area is 173 Å². The molecule has 0 radical (unpaired) electrons. The number of aromatic carboxylic acids is 1. The van der Waals surface area contributed by atoms with E-state index in [0.29, 0.717) is 11.1 Å². The molecule has 0 atom stereocenters. The number of hydrogen-bond donors (Lipinski definition) is 1. The summed E-state index contributed by atoms with van der Waals surface area (Å²) in [5, 5.41) is 21.3. The fourth-order valence-corrected chi connectivity index (χ4v) is 3.48. The lowest BCUT2D eigenvalue weighted by molar-refractivity contribution is -0.383. The van der Waals surface area contributed by atoms with Crippen LogP contribution in [0, 0.1) is 10.1 Å². The molecule has 0 aliphatic carbocycles. The van der Waals surface area contributed by atoms with Crippen molar-refractivity contribution >= 4 is 11.7 Å². The summed E-state index contributed by atoms with van der Waals surface area (Å²) in [4.78, 5) is 22.9. The Morgan fingerprint density at radius 1 is 0.667 bits per heavy atom. The van der Waals surface area contributed by atoms with Gasteiger partial charge < -0.3 is 5.11 Å². The Morgan fingerprint density at radius 3 is 1.53 bits per heavy atom.